The predicted molar refractivity (Wildman–Crippen MR) is 91.2 cm³/mol. The maximum Gasteiger partial charge on any atom is 0.261 e. The number of thiazole rings is 1. The third-order valence-corrected chi connectivity index (χ3v) is 4.69. The molecule has 0 aliphatic heterocycles. The lowest BCUT2D eigenvalue weighted by Gasteiger charge is -1.99. The van der Waals surface area contributed by atoms with E-state index in [2.05, 4.69) is 15.0 Å². The summed E-state index contributed by atoms with van der Waals surface area (Å²) in [5.41, 5.74) is 8.78. The quantitative estimate of drug-likeness (QED) is 0.606. The molecule has 0 aliphatic carbocycles. The van der Waals surface area contributed by atoms with Crippen LogP contribution in [0.5, 0.6) is 0 Å². The fourth-order valence-corrected chi connectivity index (χ4v) is 3.52. The van der Waals surface area contributed by atoms with E-state index in [0.717, 1.165) is 27.2 Å². The number of H-pyrrole nitrogens is 1. The van der Waals surface area contributed by atoms with Crippen molar-refractivity contribution in [3.05, 3.63) is 59.7 Å². The number of rotatable bonds is 3. The minimum Gasteiger partial charge on any atom is -0.365 e. The van der Waals surface area contributed by atoms with Crippen LogP contribution in [0.15, 0.2) is 54.9 Å². The number of aromatic amines is 1. The van der Waals surface area contributed by atoms with E-state index in [1.807, 2.05) is 48.7 Å². The summed E-state index contributed by atoms with van der Waals surface area (Å²) in [5.74, 6) is -0.466. The van der Waals surface area contributed by atoms with Gasteiger partial charge in [0.15, 0.2) is 0 Å². The monoisotopic (exact) mass is 320 g/mol. The summed E-state index contributed by atoms with van der Waals surface area (Å²) >= 11 is 1.31. The van der Waals surface area contributed by atoms with E-state index >= 15 is 0 Å². The highest BCUT2D eigenvalue weighted by atomic mass is 32.1. The van der Waals surface area contributed by atoms with Crippen molar-refractivity contribution in [2.24, 2.45) is 5.73 Å². The maximum atomic E-state index is 11.8. The lowest BCUT2D eigenvalue weighted by atomic mass is 10.1. The molecule has 0 unspecified atom stereocenters. The highest BCUT2D eigenvalue weighted by Crippen LogP contribution is 2.36. The number of pyridine rings is 1. The summed E-state index contributed by atoms with van der Waals surface area (Å²) in [7, 11) is 0. The van der Waals surface area contributed by atoms with Crippen LogP contribution in [0, 0.1) is 0 Å². The molecular weight excluding hydrogens is 308 g/mol. The lowest BCUT2D eigenvalue weighted by Crippen LogP contribution is -2.10. The predicted octanol–water partition coefficient (Wildman–Crippen LogP) is 3.45. The van der Waals surface area contributed by atoms with E-state index in [1.165, 1.54) is 11.3 Å². The van der Waals surface area contributed by atoms with Gasteiger partial charge < -0.3 is 10.7 Å². The molecule has 1 aromatic carbocycles. The Kier molecular flexibility index (Phi) is 3.17. The molecule has 0 saturated heterocycles. The molecule has 0 saturated carbocycles. The molecule has 0 aliphatic rings. The second-order valence-electron chi connectivity index (χ2n) is 5.03. The second kappa shape index (κ2) is 5.33. The molecular formula is C17H12N4OS. The van der Waals surface area contributed by atoms with E-state index in [-0.39, 0.29) is 0 Å². The van der Waals surface area contributed by atoms with Gasteiger partial charge in [-0.1, -0.05) is 30.3 Å². The molecule has 4 rings (SSSR count). The Morgan fingerprint density at radius 1 is 1.13 bits per heavy atom. The van der Waals surface area contributed by atoms with Crippen molar-refractivity contribution in [3.63, 3.8) is 0 Å². The van der Waals surface area contributed by atoms with Crippen LogP contribution in [0.25, 0.3) is 32.9 Å². The summed E-state index contributed by atoms with van der Waals surface area (Å²) < 4.78 is 0. The van der Waals surface area contributed by atoms with Crippen LogP contribution in [0.3, 0.4) is 0 Å². The number of benzene rings is 1. The Morgan fingerprint density at radius 2 is 1.96 bits per heavy atom. The van der Waals surface area contributed by atoms with E-state index in [4.69, 9.17) is 5.73 Å². The van der Waals surface area contributed by atoms with Gasteiger partial charge in [-0.2, -0.15) is 0 Å². The van der Waals surface area contributed by atoms with Gasteiger partial charge in [0.1, 0.15) is 15.5 Å². The molecule has 3 N–H and O–H groups in total. The number of primary amides is 1. The number of amides is 1. The molecule has 0 spiro atoms. The Hall–Kier alpha value is -2.99. The largest absolute Gasteiger partial charge is 0.365 e. The number of fused-ring (bicyclic) bond motifs is 1. The Bertz CT molecular complexity index is 1000. The van der Waals surface area contributed by atoms with Crippen molar-refractivity contribution >= 4 is 28.3 Å². The van der Waals surface area contributed by atoms with E-state index in [9.17, 15) is 4.79 Å². The topological polar surface area (TPSA) is 84.7 Å². The van der Waals surface area contributed by atoms with Crippen molar-refractivity contribution in [1.29, 1.82) is 0 Å². The summed E-state index contributed by atoms with van der Waals surface area (Å²) in [6.07, 6.45) is 3.56. The molecule has 112 valence electrons. The average Bonchev–Trinajstić information content (AvgIpc) is 3.22. The van der Waals surface area contributed by atoms with Crippen LogP contribution < -0.4 is 5.73 Å². The van der Waals surface area contributed by atoms with Gasteiger partial charge in [-0.3, -0.25) is 4.79 Å². The van der Waals surface area contributed by atoms with Crippen molar-refractivity contribution < 1.29 is 4.79 Å². The Morgan fingerprint density at radius 3 is 2.74 bits per heavy atom. The van der Waals surface area contributed by atoms with Crippen LogP contribution in [-0.4, -0.2) is 20.9 Å². The zero-order chi connectivity index (χ0) is 15.8. The molecule has 23 heavy (non-hydrogen) atoms. The number of aromatic nitrogens is 3. The number of carbonyl (C=O) groups is 1. The first-order valence-corrected chi connectivity index (χ1v) is 7.84. The van der Waals surface area contributed by atoms with Crippen LogP contribution in [0.2, 0.25) is 0 Å². The van der Waals surface area contributed by atoms with Gasteiger partial charge in [-0.25, -0.2) is 9.97 Å². The first-order valence-electron chi connectivity index (χ1n) is 7.02. The van der Waals surface area contributed by atoms with Crippen LogP contribution in [0.1, 0.15) is 9.67 Å². The molecule has 3 aromatic heterocycles. The standard InChI is InChI=1S/C17H12N4OS/c18-15(22)14-13(10-4-2-1-3-5-10)21-17(23-14)12-7-9-20-16-11(12)6-8-19-16/h1-9H,(H2,18,22)(H,19,20). The highest BCUT2D eigenvalue weighted by Gasteiger charge is 2.19. The van der Waals surface area contributed by atoms with E-state index in [0.29, 0.717) is 10.6 Å². The minimum absolute atomic E-state index is 0.465. The summed E-state index contributed by atoms with van der Waals surface area (Å²) in [6, 6.07) is 13.4. The van der Waals surface area contributed by atoms with Crippen molar-refractivity contribution in [2.75, 3.05) is 0 Å². The number of nitrogens with zero attached hydrogens (tertiary/aromatic N) is 2. The fourth-order valence-electron chi connectivity index (χ4n) is 2.54. The third kappa shape index (κ3) is 2.29. The maximum absolute atomic E-state index is 11.8. The lowest BCUT2D eigenvalue weighted by molar-refractivity contribution is 0.100. The number of hydrogen-bond acceptors (Lipinski definition) is 4. The fraction of sp³-hybridized carbons (Fsp3) is 0. The number of hydrogen-bond donors (Lipinski definition) is 2. The van der Waals surface area contributed by atoms with Crippen LogP contribution in [-0.2, 0) is 0 Å². The SMILES string of the molecule is NC(=O)c1sc(-c2ccnc3[nH]ccc23)nc1-c1ccccc1. The first-order chi connectivity index (χ1) is 11.2. The summed E-state index contributed by atoms with van der Waals surface area (Å²) in [4.78, 5) is 24.3. The van der Waals surface area contributed by atoms with Crippen molar-refractivity contribution in [1.82, 2.24) is 15.0 Å². The molecule has 1 amide bonds. The van der Waals surface area contributed by atoms with Gasteiger partial charge in [-0.05, 0) is 12.1 Å². The highest BCUT2D eigenvalue weighted by molar-refractivity contribution is 7.17. The molecule has 0 atom stereocenters. The third-order valence-electron chi connectivity index (χ3n) is 3.59. The second-order valence-corrected chi connectivity index (χ2v) is 6.02. The van der Waals surface area contributed by atoms with Gasteiger partial charge in [0, 0.05) is 28.9 Å². The van der Waals surface area contributed by atoms with Gasteiger partial charge in [0.25, 0.3) is 5.91 Å². The number of nitrogens with one attached hydrogen (secondary N) is 1. The van der Waals surface area contributed by atoms with Gasteiger partial charge >= 0.3 is 0 Å². The van der Waals surface area contributed by atoms with Crippen molar-refractivity contribution in [3.8, 4) is 21.8 Å². The molecule has 6 heteroatoms. The van der Waals surface area contributed by atoms with E-state index in [1.54, 1.807) is 6.20 Å². The Labute approximate surface area is 135 Å². The van der Waals surface area contributed by atoms with Gasteiger partial charge in [0.05, 0.1) is 5.69 Å². The molecule has 0 fully saturated rings. The molecule has 5 nitrogen and oxygen atoms in total. The molecule has 0 bridgehead atoms. The van der Waals surface area contributed by atoms with Crippen LogP contribution in [0.4, 0.5) is 0 Å². The van der Waals surface area contributed by atoms with Gasteiger partial charge in [0.2, 0.25) is 0 Å². The zero-order valence-electron chi connectivity index (χ0n) is 12.0. The van der Waals surface area contributed by atoms with Crippen molar-refractivity contribution in [2.45, 2.75) is 0 Å². The summed E-state index contributed by atoms with van der Waals surface area (Å²) in [5, 5.41) is 1.72. The number of nitrogens with two attached hydrogens (primary N) is 1. The minimum atomic E-state index is -0.466. The van der Waals surface area contributed by atoms with Gasteiger partial charge in [-0.15, -0.1) is 11.3 Å². The molecule has 4 aromatic rings. The smallest absolute Gasteiger partial charge is 0.261 e. The molecule has 3 heterocycles. The number of carbonyl (C=O) groups excluding carboxylic acids is 1. The molecule has 0 radical (unpaired) electrons. The normalized spacial score (nSPS) is 11.0. The summed E-state index contributed by atoms with van der Waals surface area (Å²) in [6.45, 7) is 0. The van der Waals surface area contributed by atoms with E-state index < -0.39 is 5.91 Å². The first kappa shape index (κ1) is 13.7. The van der Waals surface area contributed by atoms with Crippen LogP contribution >= 0.6 is 11.3 Å². The average molecular weight is 320 g/mol. The zero-order valence-corrected chi connectivity index (χ0v) is 12.8. The Balaban J connectivity index is 1.94.